The highest BCUT2D eigenvalue weighted by atomic mass is 32.2. The number of rotatable bonds is 9. The average molecular weight is 736 g/mol. The summed E-state index contributed by atoms with van der Waals surface area (Å²) in [4.78, 5) is 20.6. The topological polar surface area (TPSA) is 189 Å². The van der Waals surface area contributed by atoms with Crippen molar-refractivity contribution in [2.45, 2.75) is 17.4 Å². The van der Waals surface area contributed by atoms with Gasteiger partial charge in [0.2, 0.25) is 0 Å². The monoisotopic (exact) mass is 735 g/mol. The van der Waals surface area contributed by atoms with Crippen LogP contribution in [-0.4, -0.2) is 48.9 Å². The van der Waals surface area contributed by atoms with E-state index in [4.69, 9.17) is 25.8 Å². The molecule has 6 N–H and O–H groups in total. The summed E-state index contributed by atoms with van der Waals surface area (Å²) in [6, 6.07) is 24.5. The van der Waals surface area contributed by atoms with E-state index in [1.807, 2.05) is 0 Å². The molecule has 0 bridgehead atoms. The van der Waals surface area contributed by atoms with E-state index in [9.17, 15) is 44.7 Å². The number of anilines is 1. The van der Waals surface area contributed by atoms with Crippen LogP contribution in [0.2, 0.25) is 0 Å². The molecular weight excluding hydrogens is 712 g/mol. The minimum atomic E-state index is -5.08. The van der Waals surface area contributed by atoms with Gasteiger partial charge >= 0.3 is 24.5 Å². The van der Waals surface area contributed by atoms with E-state index in [1.165, 1.54) is 24.3 Å². The van der Waals surface area contributed by atoms with Gasteiger partial charge in [0.1, 0.15) is 23.1 Å². The molecule has 0 atom stereocenters. The Morgan fingerprint density at radius 1 is 0.745 bits per heavy atom. The fourth-order valence-corrected chi connectivity index (χ4v) is 5.46. The quantitative estimate of drug-likeness (QED) is 0.0576. The number of hydrogen-bond donors (Lipinski definition) is 5. The molecule has 51 heavy (non-hydrogen) atoms. The van der Waals surface area contributed by atoms with Crippen LogP contribution in [0.5, 0.6) is 17.2 Å². The number of aliphatic carboxylic acids is 1. The van der Waals surface area contributed by atoms with E-state index in [0.717, 1.165) is 35.0 Å². The fraction of sp³-hybridized carbons (Fsp3) is 0.0606. The Bertz CT molecular complexity index is 2230. The largest absolute Gasteiger partial charge is 0.573 e. The van der Waals surface area contributed by atoms with Gasteiger partial charge in [-0.15, -0.1) is 13.2 Å². The number of aromatic carboxylic acids is 1. The maximum absolute atomic E-state index is 13.1. The second-order valence-corrected chi connectivity index (χ2v) is 11.9. The molecule has 18 heteroatoms. The number of nitrogen functional groups attached to an aromatic ring is 1. The van der Waals surface area contributed by atoms with Gasteiger partial charge in [-0.25, -0.2) is 18.0 Å². The minimum absolute atomic E-state index is 0.0402. The molecule has 0 aliphatic heterocycles. The number of sulfonamides is 1. The molecule has 0 unspecified atom stereocenters. The number of amidine groups is 1. The van der Waals surface area contributed by atoms with Crippen LogP contribution in [0.15, 0.2) is 108 Å². The van der Waals surface area contributed by atoms with Gasteiger partial charge < -0.3 is 25.4 Å². The molecule has 0 saturated heterocycles. The summed E-state index contributed by atoms with van der Waals surface area (Å²) in [5.74, 6) is -4.01. The smallest absolute Gasteiger partial charge is 0.478 e. The zero-order valence-electron chi connectivity index (χ0n) is 25.4. The highest BCUT2D eigenvalue weighted by Crippen LogP contribution is 2.38. The van der Waals surface area contributed by atoms with Gasteiger partial charge in [0.25, 0.3) is 10.0 Å². The zero-order chi connectivity index (χ0) is 37.7. The summed E-state index contributed by atoms with van der Waals surface area (Å²) in [6.45, 7) is 0. The Kier molecular flexibility index (Phi) is 10.8. The Morgan fingerprint density at radius 3 is 1.92 bits per heavy atom. The number of halogens is 6. The predicted octanol–water partition coefficient (Wildman–Crippen LogP) is 7.61. The van der Waals surface area contributed by atoms with Crippen molar-refractivity contribution in [1.29, 1.82) is 5.41 Å². The second-order valence-electron chi connectivity index (χ2n) is 10.2. The van der Waals surface area contributed by atoms with Gasteiger partial charge in [-0.1, -0.05) is 36.4 Å². The highest BCUT2D eigenvalue weighted by molar-refractivity contribution is 7.92. The average Bonchev–Trinajstić information content (AvgIpc) is 3.04. The molecule has 0 saturated carbocycles. The molecule has 0 radical (unpaired) electrons. The predicted molar refractivity (Wildman–Crippen MR) is 171 cm³/mol. The van der Waals surface area contributed by atoms with E-state index in [2.05, 4.69) is 9.46 Å². The first-order chi connectivity index (χ1) is 23.7. The van der Waals surface area contributed by atoms with Crippen molar-refractivity contribution < 1.29 is 64.0 Å². The Morgan fingerprint density at radius 2 is 1.33 bits per heavy atom. The maximum atomic E-state index is 13.1. The van der Waals surface area contributed by atoms with Gasteiger partial charge in [-0.2, -0.15) is 13.2 Å². The van der Waals surface area contributed by atoms with E-state index in [1.54, 1.807) is 54.6 Å². The number of alkyl halides is 6. The Hall–Kier alpha value is -6.30. The number of fused-ring (bicyclic) bond motifs is 1. The number of carboxylic acids is 2. The van der Waals surface area contributed by atoms with Gasteiger partial charge in [0.05, 0.1) is 10.5 Å². The van der Waals surface area contributed by atoms with Crippen LogP contribution in [0.25, 0.3) is 21.9 Å². The SMILES string of the molecule is N=C(N)c1ccc2cc(Oc3ccc(NS(=O)(=O)c4ccc(OC(F)(F)F)cc4)cc3-c3ccccc3C(=O)O)ccc2c1.O=C(O)C(F)(F)F. The molecule has 0 spiro atoms. The van der Waals surface area contributed by atoms with Crippen molar-refractivity contribution in [2.75, 3.05) is 4.72 Å². The van der Waals surface area contributed by atoms with Gasteiger partial charge in [-0.05, 0) is 83.1 Å². The molecule has 11 nitrogen and oxygen atoms in total. The third-order valence-corrected chi connectivity index (χ3v) is 8.04. The van der Waals surface area contributed by atoms with Gasteiger partial charge in [0, 0.05) is 16.8 Å². The lowest BCUT2D eigenvalue weighted by atomic mass is 9.98. The summed E-state index contributed by atoms with van der Waals surface area (Å²) in [5, 5.41) is 26.2. The van der Waals surface area contributed by atoms with Crippen molar-refractivity contribution in [3.05, 3.63) is 114 Å². The van der Waals surface area contributed by atoms with Crippen molar-refractivity contribution in [3.8, 4) is 28.4 Å². The van der Waals surface area contributed by atoms with Gasteiger partial charge in [0.15, 0.2) is 0 Å². The Balaban J connectivity index is 0.000000755. The van der Waals surface area contributed by atoms with Crippen LogP contribution in [0, 0.1) is 5.41 Å². The second kappa shape index (κ2) is 14.7. The molecule has 5 rings (SSSR count). The first kappa shape index (κ1) is 37.5. The third kappa shape index (κ3) is 9.88. The first-order valence-electron chi connectivity index (χ1n) is 13.9. The van der Waals surface area contributed by atoms with E-state index in [-0.39, 0.29) is 38.9 Å². The Labute approximate surface area is 284 Å². The molecule has 0 amide bonds. The number of hydrogen-bond acceptors (Lipinski definition) is 7. The van der Waals surface area contributed by atoms with Crippen LogP contribution >= 0.6 is 0 Å². The van der Waals surface area contributed by atoms with E-state index >= 15 is 0 Å². The summed E-state index contributed by atoms with van der Waals surface area (Å²) in [5.41, 5.74) is 6.62. The lowest BCUT2D eigenvalue weighted by Gasteiger charge is -2.16. The molecular formula is C33H23F6N3O8S. The molecule has 0 fully saturated rings. The number of benzene rings is 5. The minimum Gasteiger partial charge on any atom is -0.478 e. The van der Waals surface area contributed by atoms with Crippen molar-refractivity contribution >= 4 is 44.3 Å². The zero-order valence-corrected chi connectivity index (χ0v) is 26.2. The number of nitrogens with one attached hydrogen (secondary N) is 2. The normalized spacial score (nSPS) is 11.6. The number of carbonyl (C=O) groups is 2. The molecule has 0 aromatic heterocycles. The molecule has 5 aromatic rings. The number of nitrogens with two attached hydrogens (primary N) is 1. The molecule has 266 valence electrons. The standard InChI is InChI=1S/C31H22F3N3O6S.C2HF3O2/c32-31(33,34)43-22-10-12-24(13-11-22)44(40,41)37-21-8-14-28(27(17-21)25-3-1-2-4-26(25)30(38)39)42-23-9-7-18-15-20(29(35)36)6-5-19(18)16-23;3-2(4,5)1(6)7/h1-17,37H,(H3,35,36)(H,38,39);(H,6,7). The summed E-state index contributed by atoms with van der Waals surface area (Å²) in [6.07, 6.45) is -10.0. The van der Waals surface area contributed by atoms with Crippen LogP contribution in [0.1, 0.15) is 15.9 Å². The van der Waals surface area contributed by atoms with Crippen LogP contribution in [0.4, 0.5) is 32.0 Å². The lowest BCUT2D eigenvalue weighted by molar-refractivity contribution is -0.274. The maximum Gasteiger partial charge on any atom is 0.573 e. The number of carboxylic acid groups (broad SMARTS) is 2. The van der Waals surface area contributed by atoms with Crippen LogP contribution in [-0.2, 0) is 14.8 Å². The van der Waals surface area contributed by atoms with E-state index in [0.29, 0.717) is 11.3 Å². The highest BCUT2D eigenvalue weighted by Gasteiger charge is 2.38. The fourth-order valence-electron chi connectivity index (χ4n) is 4.41. The van der Waals surface area contributed by atoms with Crippen molar-refractivity contribution in [1.82, 2.24) is 0 Å². The van der Waals surface area contributed by atoms with E-state index < -0.39 is 40.3 Å². The van der Waals surface area contributed by atoms with Gasteiger partial charge in [-0.3, -0.25) is 10.1 Å². The summed E-state index contributed by atoms with van der Waals surface area (Å²) >= 11 is 0. The molecule has 0 aliphatic rings. The lowest BCUT2D eigenvalue weighted by Crippen LogP contribution is -2.21. The number of ether oxygens (including phenoxy) is 2. The summed E-state index contributed by atoms with van der Waals surface area (Å²) < 4.78 is 108. The van der Waals surface area contributed by atoms with Crippen molar-refractivity contribution in [3.63, 3.8) is 0 Å². The summed E-state index contributed by atoms with van der Waals surface area (Å²) in [7, 11) is -4.27. The van der Waals surface area contributed by atoms with Crippen molar-refractivity contribution in [2.24, 2.45) is 5.73 Å². The van der Waals surface area contributed by atoms with Crippen LogP contribution < -0.4 is 19.9 Å². The molecule has 0 aliphatic carbocycles. The first-order valence-corrected chi connectivity index (χ1v) is 15.4. The third-order valence-electron chi connectivity index (χ3n) is 6.64. The molecule has 5 aromatic carbocycles. The molecule has 0 heterocycles. The van der Waals surface area contributed by atoms with Crippen LogP contribution in [0.3, 0.4) is 0 Å².